The lowest BCUT2D eigenvalue weighted by Gasteiger charge is -2.14. The number of pyridine rings is 6. The van der Waals surface area contributed by atoms with Crippen molar-refractivity contribution in [3.05, 3.63) is 195 Å². The van der Waals surface area contributed by atoms with Crippen molar-refractivity contribution >= 4 is 32.7 Å². The van der Waals surface area contributed by atoms with Gasteiger partial charge in [0.1, 0.15) is 5.82 Å². The first-order valence-corrected chi connectivity index (χ1v) is 19.1. The zero-order valence-corrected chi connectivity index (χ0v) is 31.1. The summed E-state index contributed by atoms with van der Waals surface area (Å²) in [7, 11) is 0. The van der Waals surface area contributed by atoms with Crippen LogP contribution >= 0.6 is 0 Å². The van der Waals surface area contributed by atoms with Gasteiger partial charge >= 0.3 is 0 Å². The van der Waals surface area contributed by atoms with Gasteiger partial charge in [-0.1, -0.05) is 66.7 Å². The molecular formula is C50H32N8. The van der Waals surface area contributed by atoms with E-state index in [0.717, 1.165) is 101 Å². The monoisotopic (exact) mass is 744 g/mol. The van der Waals surface area contributed by atoms with Crippen molar-refractivity contribution in [3.8, 4) is 68.2 Å². The van der Waals surface area contributed by atoms with Crippen LogP contribution < -0.4 is 0 Å². The molecular weight excluding hydrogens is 713 g/mol. The highest BCUT2D eigenvalue weighted by molar-refractivity contribution is 6.14. The van der Waals surface area contributed by atoms with E-state index in [0.29, 0.717) is 0 Å². The SMILES string of the molecule is c1ccc(-c2cccc(-c3ccc4c(c3)c3cc(-c5cccc(-c6ccccn6)n5)ccc3n4-c3c(-c4ccccn4)n(-c4ccccn4)c4ccccc34)n2)nc1. The lowest BCUT2D eigenvalue weighted by molar-refractivity contribution is 1.03. The maximum atomic E-state index is 5.10. The highest BCUT2D eigenvalue weighted by atomic mass is 15.1. The van der Waals surface area contributed by atoms with E-state index in [1.54, 1.807) is 12.4 Å². The van der Waals surface area contributed by atoms with E-state index in [1.807, 2.05) is 103 Å². The van der Waals surface area contributed by atoms with Gasteiger partial charge in [-0.3, -0.25) is 19.5 Å². The summed E-state index contributed by atoms with van der Waals surface area (Å²) in [5, 5.41) is 3.25. The van der Waals surface area contributed by atoms with E-state index in [4.69, 9.17) is 19.9 Å². The van der Waals surface area contributed by atoms with Crippen LogP contribution in [0.4, 0.5) is 0 Å². The van der Waals surface area contributed by atoms with Crippen LogP contribution in [0.3, 0.4) is 0 Å². The molecule has 0 aliphatic rings. The number of benzene rings is 3. The van der Waals surface area contributed by atoms with Crippen LogP contribution in [0.1, 0.15) is 0 Å². The van der Waals surface area contributed by atoms with Crippen molar-refractivity contribution in [3.63, 3.8) is 0 Å². The topological polar surface area (TPSA) is 87.2 Å². The molecule has 8 heteroatoms. The average Bonchev–Trinajstić information content (AvgIpc) is 3.82. The Morgan fingerprint density at radius 2 is 0.776 bits per heavy atom. The molecule has 0 N–H and O–H groups in total. The van der Waals surface area contributed by atoms with Crippen LogP contribution in [-0.2, 0) is 0 Å². The Morgan fingerprint density at radius 3 is 1.31 bits per heavy atom. The molecule has 272 valence electrons. The summed E-state index contributed by atoms with van der Waals surface area (Å²) >= 11 is 0. The van der Waals surface area contributed by atoms with E-state index in [-0.39, 0.29) is 0 Å². The highest BCUT2D eigenvalue weighted by Gasteiger charge is 2.26. The van der Waals surface area contributed by atoms with Crippen LogP contribution in [0.15, 0.2) is 195 Å². The van der Waals surface area contributed by atoms with Crippen LogP contribution in [0.25, 0.3) is 101 Å². The second-order valence-electron chi connectivity index (χ2n) is 14.0. The lowest BCUT2D eigenvalue weighted by atomic mass is 10.0. The maximum Gasteiger partial charge on any atom is 0.137 e. The van der Waals surface area contributed by atoms with E-state index in [1.165, 1.54) is 0 Å². The van der Waals surface area contributed by atoms with Crippen molar-refractivity contribution in [1.82, 2.24) is 39.0 Å². The molecule has 11 rings (SSSR count). The van der Waals surface area contributed by atoms with Gasteiger partial charge in [0, 0.05) is 52.1 Å². The zero-order valence-electron chi connectivity index (χ0n) is 31.1. The van der Waals surface area contributed by atoms with Gasteiger partial charge in [0.25, 0.3) is 0 Å². The Kier molecular flexibility index (Phi) is 7.96. The maximum absolute atomic E-state index is 5.10. The summed E-state index contributed by atoms with van der Waals surface area (Å²) in [5.74, 6) is 0.814. The van der Waals surface area contributed by atoms with Crippen molar-refractivity contribution in [1.29, 1.82) is 0 Å². The van der Waals surface area contributed by atoms with Gasteiger partial charge in [-0.2, -0.15) is 0 Å². The molecule has 3 aromatic carbocycles. The Morgan fingerprint density at radius 1 is 0.310 bits per heavy atom. The van der Waals surface area contributed by atoms with Gasteiger partial charge in [-0.25, -0.2) is 15.0 Å². The summed E-state index contributed by atoms with van der Waals surface area (Å²) in [4.78, 5) is 29.1. The number of para-hydroxylation sites is 1. The number of rotatable bonds is 7. The first-order chi connectivity index (χ1) is 28.8. The average molecular weight is 745 g/mol. The molecule has 0 aliphatic heterocycles. The fourth-order valence-corrected chi connectivity index (χ4v) is 8.00. The molecule has 0 saturated carbocycles. The quantitative estimate of drug-likeness (QED) is 0.161. The van der Waals surface area contributed by atoms with Gasteiger partial charge in [-0.15, -0.1) is 0 Å². The zero-order chi connectivity index (χ0) is 38.4. The molecule has 11 aromatic rings. The van der Waals surface area contributed by atoms with Gasteiger partial charge in [0.2, 0.25) is 0 Å². The normalized spacial score (nSPS) is 11.4. The summed E-state index contributed by atoms with van der Waals surface area (Å²) in [6.45, 7) is 0. The van der Waals surface area contributed by atoms with Crippen molar-refractivity contribution in [2.45, 2.75) is 0 Å². The molecule has 0 radical (unpaired) electrons. The van der Waals surface area contributed by atoms with Crippen LogP contribution in [0.5, 0.6) is 0 Å². The molecule has 0 amide bonds. The minimum Gasteiger partial charge on any atom is -0.306 e. The fourth-order valence-electron chi connectivity index (χ4n) is 8.00. The molecule has 0 aliphatic carbocycles. The molecule has 0 saturated heterocycles. The summed E-state index contributed by atoms with van der Waals surface area (Å²) in [5.41, 5.74) is 13.0. The molecule has 0 unspecified atom stereocenters. The van der Waals surface area contributed by atoms with Gasteiger partial charge in [0.15, 0.2) is 0 Å². The van der Waals surface area contributed by atoms with Crippen molar-refractivity contribution in [2.75, 3.05) is 0 Å². The third-order valence-electron chi connectivity index (χ3n) is 10.6. The highest BCUT2D eigenvalue weighted by Crippen LogP contribution is 2.44. The number of aromatic nitrogens is 8. The predicted molar refractivity (Wildman–Crippen MR) is 232 cm³/mol. The standard InChI is InChI=1S/C50H32N8/c1-2-21-45-35(13-1)49(50(44-16-5-9-29-53-44)58(45)48-22-6-10-30-54-48)57-46-25-23-33(38-17-11-19-42(55-38)40-14-3-7-27-51-40)31-36(46)37-32-34(24-26-47(37)57)39-18-12-20-43(56-39)41-15-4-8-28-52-41/h1-32H. The first-order valence-electron chi connectivity index (χ1n) is 19.1. The Balaban J connectivity index is 1.20. The van der Waals surface area contributed by atoms with E-state index >= 15 is 0 Å². The summed E-state index contributed by atoms with van der Waals surface area (Å²) in [6, 6.07) is 57.9. The predicted octanol–water partition coefficient (Wildman–Crippen LogP) is 11.4. The first kappa shape index (κ1) is 33.3. The minimum absolute atomic E-state index is 0.814. The minimum atomic E-state index is 0.814. The smallest absolute Gasteiger partial charge is 0.137 e. The van der Waals surface area contributed by atoms with E-state index in [9.17, 15) is 0 Å². The number of nitrogens with zero attached hydrogens (tertiary/aromatic N) is 8. The number of fused-ring (bicyclic) bond motifs is 4. The summed E-state index contributed by atoms with van der Waals surface area (Å²) in [6.07, 6.45) is 7.28. The third kappa shape index (κ3) is 5.62. The summed E-state index contributed by atoms with van der Waals surface area (Å²) < 4.78 is 4.62. The lowest BCUT2D eigenvalue weighted by Crippen LogP contribution is -2.03. The second-order valence-corrected chi connectivity index (χ2v) is 14.0. The molecule has 0 spiro atoms. The number of hydrogen-bond acceptors (Lipinski definition) is 6. The van der Waals surface area contributed by atoms with Gasteiger partial charge in [-0.05, 0) is 103 Å². The van der Waals surface area contributed by atoms with E-state index in [2.05, 4.69) is 98.0 Å². The van der Waals surface area contributed by atoms with Crippen LogP contribution in [0, 0.1) is 0 Å². The fraction of sp³-hybridized carbons (Fsp3) is 0. The Bertz CT molecular complexity index is 3130. The second kappa shape index (κ2) is 13.9. The molecule has 8 heterocycles. The van der Waals surface area contributed by atoms with Crippen LogP contribution in [-0.4, -0.2) is 39.0 Å². The Hall–Kier alpha value is -8.10. The van der Waals surface area contributed by atoms with Crippen LogP contribution in [0.2, 0.25) is 0 Å². The molecule has 0 atom stereocenters. The number of hydrogen-bond donors (Lipinski definition) is 0. The van der Waals surface area contributed by atoms with Gasteiger partial charge < -0.3 is 4.57 Å². The third-order valence-corrected chi connectivity index (χ3v) is 10.6. The van der Waals surface area contributed by atoms with Crippen molar-refractivity contribution < 1.29 is 0 Å². The molecule has 0 bridgehead atoms. The molecule has 58 heavy (non-hydrogen) atoms. The van der Waals surface area contributed by atoms with Crippen molar-refractivity contribution in [2.24, 2.45) is 0 Å². The van der Waals surface area contributed by atoms with Gasteiger partial charge in [0.05, 0.1) is 67.8 Å². The molecule has 0 fully saturated rings. The Labute approximate surface area is 333 Å². The largest absolute Gasteiger partial charge is 0.306 e. The molecule has 8 nitrogen and oxygen atoms in total. The molecule has 8 aromatic heterocycles. The van der Waals surface area contributed by atoms with E-state index < -0.39 is 0 Å².